The lowest BCUT2D eigenvalue weighted by atomic mass is 10.3. The molecule has 0 aliphatic rings. The van der Waals surface area contributed by atoms with Crippen molar-refractivity contribution in [1.82, 2.24) is 4.90 Å². The third-order valence-electron chi connectivity index (χ3n) is 2.60. The largest absolute Gasteiger partial charge is 0.465 e. The van der Waals surface area contributed by atoms with Gasteiger partial charge in [-0.05, 0) is 32.2 Å². The van der Waals surface area contributed by atoms with Crippen LogP contribution in [0.25, 0.3) is 0 Å². The zero-order valence-electron chi connectivity index (χ0n) is 12.1. The summed E-state index contributed by atoms with van der Waals surface area (Å²) in [5, 5.41) is 2.03. The minimum Gasteiger partial charge on any atom is -0.465 e. The Hall–Kier alpha value is -1.01. The van der Waals surface area contributed by atoms with Gasteiger partial charge in [-0.25, -0.2) is 0 Å². The van der Waals surface area contributed by atoms with Crippen LogP contribution in [0.4, 0.5) is 0 Å². The molecule has 0 aromatic carbocycles. The molecule has 0 aliphatic carbocycles. The van der Waals surface area contributed by atoms with Gasteiger partial charge in [0.1, 0.15) is 6.54 Å². The molecule has 4 nitrogen and oxygen atoms in total. The summed E-state index contributed by atoms with van der Waals surface area (Å²) in [6.07, 6.45) is 0. The molecule has 1 heterocycles. The van der Waals surface area contributed by atoms with Crippen molar-refractivity contribution in [2.24, 2.45) is 0 Å². The molecule has 0 saturated heterocycles. The topological polar surface area (TPSA) is 46.6 Å². The number of ether oxygens (including phenoxy) is 1. The first-order valence-corrected chi connectivity index (χ1v) is 8.63. The molecule has 20 heavy (non-hydrogen) atoms. The normalized spacial score (nSPS) is 10.6. The third-order valence-corrected chi connectivity index (χ3v) is 4.62. The van der Waals surface area contributed by atoms with Gasteiger partial charge in [0, 0.05) is 16.7 Å². The molecule has 0 bridgehead atoms. The van der Waals surface area contributed by atoms with Crippen LogP contribution in [0, 0.1) is 0 Å². The Morgan fingerprint density at radius 1 is 1.45 bits per heavy atom. The van der Waals surface area contributed by atoms with Crippen LogP contribution in [-0.2, 0) is 20.1 Å². The number of nitrogens with zero attached hydrogens (tertiary/aromatic N) is 1. The molecule has 0 fully saturated rings. The maximum Gasteiger partial charge on any atom is 0.325 e. The quantitative estimate of drug-likeness (QED) is 0.692. The molecule has 0 unspecified atom stereocenters. The second-order valence-electron chi connectivity index (χ2n) is 4.49. The van der Waals surface area contributed by atoms with Crippen molar-refractivity contribution in [3.8, 4) is 0 Å². The molecule has 0 saturated carbocycles. The number of carbonyl (C=O) groups excluding carboxylic acids is 2. The van der Waals surface area contributed by atoms with E-state index >= 15 is 0 Å². The highest BCUT2D eigenvalue weighted by Crippen LogP contribution is 2.17. The molecule has 0 aliphatic heterocycles. The molecule has 0 N–H and O–H groups in total. The van der Waals surface area contributed by atoms with Crippen LogP contribution >= 0.6 is 23.1 Å². The predicted octanol–water partition coefficient (Wildman–Crippen LogP) is 2.78. The Morgan fingerprint density at radius 3 is 2.75 bits per heavy atom. The van der Waals surface area contributed by atoms with Gasteiger partial charge in [-0.3, -0.25) is 9.59 Å². The molecular formula is C14H21NO3S2. The van der Waals surface area contributed by atoms with Crippen LogP contribution in [0.2, 0.25) is 0 Å². The molecular weight excluding hydrogens is 294 g/mol. The van der Waals surface area contributed by atoms with E-state index in [1.54, 1.807) is 34.9 Å². The lowest BCUT2D eigenvalue weighted by Gasteiger charge is -2.25. The number of amides is 1. The zero-order chi connectivity index (χ0) is 15.0. The molecule has 0 spiro atoms. The van der Waals surface area contributed by atoms with Crippen molar-refractivity contribution in [2.75, 3.05) is 18.9 Å². The summed E-state index contributed by atoms with van der Waals surface area (Å²) in [7, 11) is 0. The van der Waals surface area contributed by atoms with E-state index in [0.717, 1.165) is 5.75 Å². The van der Waals surface area contributed by atoms with Gasteiger partial charge in [-0.1, -0.05) is 6.07 Å². The van der Waals surface area contributed by atoms with E-state index in [2.05, 4.69) is 6.07 Å². The number of rotatable bonds is 8. The van der Waals surface area contributed by atoms with Crippen LogP contribution < -0.4 is 0 Å². The van der Waals surface area contributed by atoms with Crippen LogP contribution in [0.15, 0.2) is 17.5 Å². The summed E-state index contributed by atoms with van der Waals surface area (Å²) in [6.45, 7) is 5.94. The highest BCUT2D eigenvalue weighted by Gasteiger charge is 2.20. The van der Waals surface area contributed by atoms with Crippen molar-refractivity contribution in [2.45, 2.75) is 32.6 Å². The van der Waals surface area contributed by atoms with Crippen molar-refractivity contribution in [3.63, 3.8) is 0 Å². The molecule has 0 radical (unpaired) electrons. The summed E-state index contributed by atoms with van der Waals surface area (Å²) >= 11 is 3.26. The van der Waals surface area contributed by atoms with E-state index < -0.39 is 0 Å². The highest BCUT2D eigenvalue weighted by atomic mass is 32.2. The maximum absolute atomic E-state index is 12.2. The fourth-order valence-corrected chi connectivity index (χ4v) is 3.37. The molecule has 1 rings (SSSR count). The van der Waals surface area contributed by atoms with E-state index in [9.17, 15) is 9.59 Å². The van der Waals surface area contributed by atoms with Crippen LogP contribution in [0.1, 0.15) is 25.6 Å². The minimum atomic E-state index is -0.349. The van der Waals surface area contributed by atoms with Crippen molar-refractivity contribution >= 4 is 35.0 Å². The average Bonchev–Trinajstić information content (AvgIpc) is 2.89. The monoisotopic (exact) mass is 315 g/mol. The Morgan fingerprint density at radius 2 is 2.20 bits per heavy atom. The molecule has 1 amide bonds. The van der Waals surface area contributed by atoms with Crippen LogP contribution in [-0.4, -0.2) is 41.7 Å². The Bertz CT molecular complexity index is 418. The SMILES string of the molecule is CCOC(=O)CN(C(=O)CSCc1cccs1)C(C)C. The van der Waals surface area contributed by atoms with Gasteiger partial charge in [0.2, 0.25) is 5.91 Å². The summed E-state index contributed by atoms with van der Waals surface area (Å²) in [5.74, 6) is 0.844. The Kier molecular flexibility index (Phi) is 7.69. The summed E-state index contributed by atoms with van der Waals surface area (Å²) in [4.78, 5) is 26.5. The summed E-state index contributed by atoms with van der Waals surface area (Å²) in [5.41, 5.74) is 0. The van der Waals surface area contributed by atoms with Crippen LogP contribution in [0.5, 0.6) is 0 Å². The zero-order valence-corrected chi connectivity index (χ0v) is 13.8. The van der Waals surface area contributed by atoms with E-state index in [-0.39, 0.29) is 24.5 Å². The smallest absolute Gasteiger partial charge is 0.325 e. The first-order valence-electron chi connectivity index (χ1n) is 6.59. The number of esters is 1. The third kappa shape index (κ3) is 5.96. The van der Waals surface area contributed by atoms with Gasteiger partial charge in [0.05, 0.1) is 12.4 Å². The summed E-state index contributed by atoms with van der Waals surface area (Å²) < 4.78 is 4.90. The average molecular weight is 315 g/mol. The first-order chi connectivity index (χ1) is 9.54. The van der Waals surface area contributed by atoms with Gasteiger partial charge in [-0.15, -0.1) is 23.1 Å². The van der Waals surface area contributed by atoms with Crippen LogP contribution in [0.3, 0.4) is 0 Å². The number of hydrogen-bond donors (Lipinski definition) is 0. The first kappa shape index (κ1) is 17.0. The predicted molar refractivity (Wildman–Crippen MR) is 84.0 cm³/mol. The molecule has 112 valence electrons. The van der Waals surface area contributed by atoms with E-state index in [4.69, 9.17) is 4.74 Å². The second-order valence-corrected chi connectivity index (χ2v) is 6.51. The lowest BCUT2D eigenvalue weighted by Crippen LogP contribution is -2.42. The second kappa shape index (κ2) is 9.02. The highest BCUT2D eigenvalue weighted by molar-refractivity contribution is 7.99. The van der Waals surface area contributed by atoms with Gasteiger partial charge >= 0.3 is 5.97 Å². The molecule has 1 aromatic rings. The van der Waals surface area contributed by atoms with E-state index in [0.29, 0.717) is 12.4 Å². The van der Waals surface area contributed by atoms with E-state index in [1.807, 2.05) is 25.3 Å². The molecule has 6 heteroatoms. The van der Waals surface area contributed by atoms with Gasteiger partial charge in [-0.2, -0.15) is 0 Å². The molecule has 1 aromatic heterocycles. The minimum absolute atomic E-state index is 0.00533. The Labute approximate surface area is 128 Å². The number of hydrogen-bond acceptors (Lipinski definition) is 5. The fourth-order valence-electron chi connectivity index (χ4n) is 1.62. The number of thiophene rings is 1. The van der Waals surface area contributed by atoms with Gasteiger partial charge in [0.25, 0.3) is 0 Å². The Balaban J connectivity index is 2.41. The number of carbonyl (C=O) groups is 2. The van der Waals surface area contributed by atoms with Crippen molar-refractivity contribution in [3.05, 3.63) is 22.4 Å². The lowest BCUT2D eigenvalue weighted by molar-refractivity contribution is -0.149. The van der Waals surface area contributed by atoms with Crippen molar-refractivity contribution < 1.29 is 14.3 Å². The van der Waals surface area contributed by atoms with E-state index in [1.165, 1.54) is 4.88 Å². The van der Waals surface area contributed by atoms with Gasteiger partial charge in [0.15, 0.2) is 0 Å². The van der Waals surface area contributed by atoms with Gasteiger partial charge < -0.3 is 9.64 Å². The maximum atomic E-state index is 12.2. The van der Waals surface area contributed by atoms with Crippen molar-refractivity contribution in [1.29, 1.82) is 0 Å². The standard InChI is InChI=1S/C14H21NO3S2/c1-4-18-14(17)8-15(11(2)3)13(16)10-19-9-12-6-5-7-20-12/h5-7,11H,4,8-10H2,1-3H3. The summed E-state index contributed by atoms with van der Waals surface area (Å²) in [6, 6.07) is 4.05. The number of thioether (sulfide) groups is 1. The fraction of sp³-hybridized carbons (Fsp3) is 0.571. The molecule has 0 atom stereocenters.